The number of hydrogen-bond donors (Lipinski definition) is 1. The standard InChI is InChI=1S/C17H22N2O2/c1-11-5-3-4-6-14(11)12(2)19-10-9-15(20)18-16(17(19)21)13-7-8-13/h3-6,12-13,16H,7-10H2,1-2H3,(H,18,20). The van der Waals surface area contributed by atoms with Crippen molar-refractivity contribution in [1.29, 1.82) is 0 Å². The van der Waals surface area contributed by atoms with Crippen molar-refractivity contribution in [2.45, 2.75) is 45.2 Å². The number of carbonyl (C=O) groups is 2. The van der Waals surface area contributed by atoms with Gasteiger partial charge >= 0.3 is 0 Å². The van der Waals surface area contributed by atoms with Crippen molar-refractivity contribution in [3.8, 4) is 0 Å². The molecule has 2 atom stereocenters. The molecule has 2 aliphatic rings. The summed E-state index contributed by atoms with van der Waals surface area (Å²) in [4.78, 5) is 26.5. The van der Waals surface area contributed by atoms with E-state index in [0.717, 1.165) is 18.4 Å². The summed E-state index contributed by atoms with van der Waals surface area (Å²) >= 11 is 0. The molecule has 4 heteroatoms. The third kappa shape index (κ3) is 2.80. The van der Waals surface area contributed by atoms with Crippen LogP contribution < -0.4 is 5.32 Å². The fourth-order valence-corrected chi connectivity index (χ4v) is 3.18. The number of benzene rings is 1. The Kier molecular flexibility index (Phi) is 3.70. The van der Waals surface area contributed by atoms with Gasteiger partial charge in [-0.25, -0.2) is 0 Å². The van der Waals surface area contributed by atoms with Crippen molar-refractivity contribution in [2.75, 3.05) is 6.54 Å². The van der Waals surface area contributed by atoms with Crippen LogP contribution >= 0.6 is 0 Å². The van der Waals surface area contributed by atoms with Gasteiger partial charge in [0.05, 0.1) is 6.04 Å². The van der Waals surface area contributed by atoms with E-state index < -0.39 is 0 Å². The van der Waals surface area contributed by atoms with E-state index in [9.17, 15) is 9.59 Å². The van der Waals surface area contributed by atoms with Gasteiger partial charge in [0.2, 0.25) is 11.8 Å². The van der Waals surface area contributed by atoms with Gasteiger partial charge in [0, 0.05) is 13.0 Å². The van der Waals surface area contributed by atoms with Crippen molar-refractivity contribution >= 4 is 11.8 Å². The van der Waals surface area contributed by atoms with Gasteiger partial charge in [-0.05, 0) is 43.7 Å². The van der Waals surface area contributed by atoms with E-state index in [2.05, 4.69) is 31.3 Å². The van der Waals surface area contributed by atoms with Crippen molar-refractivity contribution in [3.05, 3.63) is 35.4 Å². The minimum Gasteiger partial charge on any atom is -0.344 e. The van der Waals surface area contributed by atoms with Gasteiger partial charge in [0.1, 0.15) is 6.04 Å². The molecule has 0 spiro atoms. The Hall–Kier alpha value is -1.84. The van der Waals surface area contributed by atoms with Gasteiger partial charge in [0.25, 0.3) is 0 Å². The average Bonchev–Trinajstić information content (AvgIpc) is 3.29. The summed E-state index contributed by atoms with van der Waals surface area (Å²) in [6.07, 6.45) is 2.48. The highest BCUT2D eigenvalue weighted by atomic mass is 16.2. The lowest BCUT2D eigenvalue weighted by Crippen LogP contribution is -2.46. The first-order chi connectivity index (χ1) is 10.1. The van der Waals surface area contributed by atoms with Gasteiger partial charge in [-0.1, -0.05) is 24.3 Å². The SMILES string of the molecule is Cc1ccccc1C(C)N1CCC(=O)NC(C2CC2)C1=O. The summed E-state index contributed by atoms with van der Waals surface area (Å²) in [5, 5.41) is 2.91. The predicted molar refractivity (Wildman–Crippen MR) is 80.6 cm³/mol. The average molecular weight is 286 g/mol. The van der Waals surface area contributed by atoms with Crippen LogP contribution in [0.3, 0.4) is 0 Å². The summed E-state index contributed by atoms with van der Waals surface area (Å²) in [6.45, 7) is 4.62. The Morgan fingerprint density at radius 2 is 1.95 bits per heavy atom. The molecule has 3 rings (SSSR count). The van der Waals surface area contributed by atoms with E-state index in [4.69, 9.17) is 0 Å². The van der Waals surface area contributed by atoms with E-state index in [1.807, 2.05) is 17.0 Å². The first-order valence-electron chi connectivity index (χ1n) is 7.73. The Morgan fingerprint density at radius 1 is 1.24 bits per heavy atom. The molecular weight excluding hydrogens is 264 g/mol. The molecule has 0 radical (unpaired) electrons. The first kappa shape index (κ1) is 14.1. The third-order valence-electron chi connectivity index (χ3n) is 4.64. The zero-order valence-electron chi connectivity index (χ0n) is 12.6. The zero-order valence-corrected chi connectivity index (χ0v) is 12.6. The van der Waals surface area contributed by atoms with Crippen molar-refractivity contribution in [1.82, 2.24) is 10.2 Å². The highest BCUT2D eigenvalue weighted by molar-refractivity contribution is 5.90. The smallest absolute Gasteiger partial charge is 0.245 e. The van der Waals surface area contributed by atoms with Gasteiger partial charge in [-0.2, -0.15) is 0 Å². The minimum absolute atomic E-state index is 0.000247. The maximum Gasteiger partial charge on any atom is 0.245 e. The van der Waals surface area contributed by atoms with Crippen molar-refractivity contribution in [3.63, 3.8) is 0 Å². The molecular formula is C17H22N2O2. The molecule has 4 nitrogen and oxygen atoms in total. The van der Waals surface area contributed by atoms with Crippen LogP contribution in [-0.2, 0) is 9.59 Å². The van der Waals surface area contributed by atoms with Crippen LogP contribution in [0.1, 0.15) is 43.4 Å². The molecule has 112 valence electrons. The number of hydrogen-bond acceptors (Lipinski definition) is 2. The molecule has 1 aliphatic heterocycles. The second-order valence-corrected chi connectivity index (χ2v) is 6.20. The number of aryl methyl sites for hydroxylation is 1. The number of nitrogens with zero attached hydrogens (tertiary/aromatic N) is 1. The maximum atomic E-state index is 12.8. The fourth-order valence-electron chi connectivity index (χ4n) is 3.18. The minimum atomic E-state index is -0.313. The van der Waals surface area contributed by atoms with E-state index in [1.165, 1.54) is 5.56 Å². The van der Waals surface area contributed by atoms with E-state index in [-0.39, 0.29) is 23.9 Å². The fraction of sp³-hybridized carbons (Fsp3) is 0.529. The second-order valence-electron chi connectivity index (χ2n) is 6.20. The molecule has 1 saturated carbocycles. The number of amides is 2. The summed E-state index contributed by atoms with van der Waals surface area (Å²) in [7, 11) is 0. The van der Waals surface area contributed by atoms with Gasteiger partial charge in [0.15, 0.2) is 0 Å². The van der Waals surface area contributed by atoms with Gasteiger partial charge in [-0.15, -0.1) is 0 Å². The van der Waals surface area contributed by atoms with E-state index >= 15 is 0 Å². The molecule has 21 heavy (non-hydrogen) atoms. The summed E-state index contributed by atoms with van der Waals surface area (Å²) in [5.41, 5.74) is 2.35. The Labute approximate surface area is 125 Å². The predicted octanol–water partition coefficient (Wildman–Crippen LogP) is 2.18. The van der Waals surface area contributed by atoms with E-state index in [1.54, 1.807) is 0 Å². The van der Waals surface area contributed by atoms with Crippen LogP contribution in [0.25, 0.3) is 0 Å². The lowest BCUT2D eigenvalue weighted by Gasteiger charge is -2.31. The Bertz CT molecular complexity index is 566. The molecule has 0 aromatic heterocycles. The maximum absolute atomic E-state index is 12.8. The van der Waals surface area contributed by atoms with Crippen LogP contribution in [0.15, 0.2) is 24.3 Å². The molecule has 2 fully saturated rings. The largest absolute Gasteiger partial charge is 0.344 e. The van der Waals surface area contributed by atoms with Crippen LogP contribution in [0, 0.1) is 12.8 Å². The molecule has 1 aromatic carbocycles. The van der Waals surface area contributed by atoms with Crippen molar-refractivity contribution in [2.24, 2.45) is 5.92 Å². The monoisotopic (exact) mass is 286 g/mol. The van der Waals surface area contributed by atoms with Crippen molar-refractivity contribution < 1.29 is 9.59 Å². The molecule has 2 amide bonds. The third-order valence-corrected chi connectivity index (χ3v) is 4.64. The number of rotatable bonds is 3. The molecule has 1 N–H and O–H groups in total. The molecule has 1 aliphatic carbocycles. The highest BCUT2D eigenvalue weighted by Gasteiger charge is 2.42. The molecule has 1 heterocycles. The Morgan fingerprint density at radius 3 is 2.62 bits per heavy atom. The molecule has 1 aromatic rings. The van der Waals surface area contributed by atoms with Crippen LogP contribution in [0.5, 0.6) is 0 Å². The first-order valence-corrected chi connectivity index (χ1v) is 7.73. The quantitative estimate of drug-likeness (QED) is 0.926. The van der Waals surface area contributed by atoms with E-state index in [0.29, 0.717) is 18.9 Å². The molecule has 0 bridgehead atoms. The highest BCUT2D eigenvalue weighted by Crippen LogP contribution is 2.35. The molecule has 2 unspecified atom stereocenters. The summed E-state index contributed by atoms with van der Waals surface area (Å²) < 4.78 is 0. The number of nitrogens with one attached hydrogen (secondary N) is 1. The zero-order chi connectivity index (χ0) is 15.0. The number of carbonyl (C=O) groups excluding carboxylic acids is 2. The van der Waals surface area contributed by atoms with Crippen LogP contribution in [0.2, 0.25) is 0 Å². The lowest BCUT2D eigenvalue weighted by atomic mass is 10.00. The summed E-state index contributed by atoms with van der Waals surface area (Å²) in [5.74, 6) is 0.421. The second kappa shape index (κ2) is 5.51. The van der Waals surface area contributed by atoms with Gasteiger partial charge in [-0.3, -0.25) is 9.59 Å². The van der Waals surface area contributed by atoms with Gasteiger partial charge < -0.3 is 10.2 Å². The molecule has 1 saturated heterocycles. The lowest BCUT2D eigenvalue weighted by molar-refractivity contribution is -0.136. The topological polar surface area (TPSA) is 49.4 Å². The van der Waals surface area contributed by atoms with Crippen LogP contribution in [0.4, 0.5) is 0 Å². The van der Waals surface area contributed by atoms with Crippen LogP contribution in [-0.4, -0.2) is 29.3 Å². The normalized spacial score (nSPS) is 24.5. The summed E-state index contributed by atoms with van der Waals surface area (Å²) in [6, 6.07) is 7.84. The Balaban J connectivity index is 1.87.